The number of carbonyl (C=O) groups is 1. The van der Waals surface area contributed by atoms with Crippen LogP contribution in [0.1, 0.15) is 21.5 Å². The van der Waals surface area contributed by atoms with E-state index in [0.29, 0.717) is 22.8 Å². The van der Waals surface area contributed by atoms with Crippen LogP contribution in [0.2, 0.25) is 0 Å². The van der Waals surface area contributed by atoms with Gasteiger partial charge in [-0.25, -0.2) is 18.4 Å². The van der Waals surface area contributed by atoms with Crippen LogP contribution in [0.15, 0.2) is 67.3 Å². The Hall–Kier alpha value is -3.81. The number of hydrogen-bond donors (Lipinski definition) is 1. The van der Waals surface area contributed by atoms with Crippen LogP contribution in [0, 0.1) is 18.6 Å². The smallest absolute Gasteiger partial charge is 0.258 e. The molecule has 0 radical (unpaired) electrons. The van der Waals surface area contributed by atoms with Crippen molar-refractivity contribution in [3.05, 3.63) is 95.6 Å². The van der Waals surface area contributed by atoms with Gasteiger partial charge in [0.25, 0.3) is 5.91 Å². The SMILES string of the molecule is Cc1cnn(Cc2cc(F)ccc2F)c1NC(=O)c1ccc(-n2cccc2)nc1. The number of pyridine rings is 1. The largest absolute Gasteiger partial charge is 0.309 e. The number of nitrogens with one attached hydrogen (secondary N) is 1. The number of rotatable bonds is 5. The van der Waals surface area contributed by atoms with Crippen molar-refractivity contribution in [2.24, 2.45) is 0 Å². The number of halogens is 2. The second-order valence-electron chi connectivity index (χ2n) is 6.52. The Kier molecular flexibility index (Phi) is 4.90. The van der Waals surface area contributed by atoms with Crippen LogP contribution in [0.4, 0.5) is 14.6 Å². The van der Waals surface area contributed by atoms with Crippen LogP contribution in [0.5, 0.6) is 0 Å². The molecule has 0 saturated carbocycles. The molecule has 3 heterocycles. The first-order valence-corrected chi connectivity index (χ1v) is 8.88. The molecule has 1 amide bonds. The van der Waals surface area contributed by atoms with Gasteiger partial charge in [0.1, 0.15) is 23.3 Å². The second-order valence-corrected chi connectivity index (χ2v) is 6.52. The molecule has 8 heteroatoms. The van der Waals surface area contributed by atoms with Crippen LogP contribution in [-0.2, 0) is 6.54 Å². The van der Waals surface area contributed by atoms with E-state index in [1.807, 2.05) is 29.1 Å². The van der Waals surface area contributed by atoms with Crippen molar-refractivity contribution in [3.8, 4) is 5.82 Å². The number of hydrogen-bond acceptors (Lipinski definition) is 3. The number of nitrogens with zero attached hydrogens (tertiary/aromatic N) is 4. The zero-order valence-corrected chi connectivity index (χ0v) is 15.5. The fraction of sp³-hybridized carbons (Fsp3) is 0.0952. The second kappa shape index (κ2) is 7.67. The topological polar surface area (TPSA) is 64.7 Å². The monoisotopic (exact) mass is 393 g/mol. The average Bonchev–Trinajstić information content (AvgIpc) is 3.37. The Labute approximate surface area is 165 Å². The number of aryl methyl sites for hydroxylation is 1. The molecule has 0 spiro atoms. The molecule has 0 aliphatic rings. The zero-order chi connectivity index (χ0) is 20.4. The fourth-order valence-electron chi connectivity index (χ4n) is 2.93. The molecule has 0 aliphatic heterocycles. The molecule has 1 aromatic carbocycles. The third-order valence-corrected chi connectivity index (χ3v) is 4.46. The number of aromatic nitrogens is 4. The molecule has 0 bridgehead atoms. The van der Waals surface area contributed by atoms with E-state index in [1.54, 1.807) is 25.3 Å². The van der Waals surface area contributed by atoms with Gasteiger partial charge < -0.3 is 9.88 Å². The first kappa shape index (κ1) is 18.5. The summed E-state index contributed by atoms with van der Waals surface area (Å²) in [6.45, 7) is 1.76. The standard InChI is InChI=1S/C21H17F2N5O/c1-14-11-25-28(13-16-10-17(22)5-6-18(16)23)20(14)26-21(29)15-4-7-19(24-12-15)27-8-2-3-9-27/h2-12H,13H2,1H3,(H,26,29). The molecule has 0 unspecified atom stereocenters. The van der Waals surface area contributed by atoms with Gasteiger partial charge in [0.05, 0.1) is 18.3 Å². The summed E-state index contributed by atoms with van der Waals surface area (Å²) in [5.41, 5.74) is 1.21. The van der Waals surface area contributed by atoms with Gasteiger partial charge in [-0.15, -0.1) is 0 Å². The summed E-state index contributed by atoms with van der Waals surface area (Å²) in [6.07, 6.45) is 6.75. The van der Waals surface area contributed by atoms with Gasteiger partial charge in [-0.3, -0.25) is 4.79 Å². The van der Waals surface area contributed by atoms with E-state index in [4.69, 9.17) is 0 Å². The lowest BCUT2D eigenvalue weighted by molar-refractivity contribution is 0.102. The highest BCUT2D eigenvalue weighted by molar-refractivity contribution is 6.04. The minimum Gasteiger partial charge on any atom is -0.309 e. The van der Waals surface area contributed by atoms with Crippen molar-refractivity contribution in [3.63, 3.8) is 0 Å². The zero-order valence-electron chi connectivity index (χ0n) is 15.5. The van der Waals surface area contributed by atoms with Gasteiger partial charge in [-0.05, 0) is 49.4 Å². The van der Waals surface area contributed by atoms with E-state index >= 15 is 0 Å². The minimum absolute atomic E-state index is 0.0160. The highest BCUT2D eigenvalue weighted by Crippen LogP contribution is 2.19. The number of benzene rings is 1. The lowest BCUT2D eigenvalue weighted by Gasteiger charge is -2.11. The molecular formula is C21H17F2N5O. The molecule has 0 atom stereocenters. The molecule has 6 nitrogen and oxygen atoms in total. The fourth-order valence-corrected chi connectivity index (χ4v) is 2.93. The predicted molar refractivity (Wildman–Crippen MR) is 104 cm³/mol. The van der Waals surface area contributed by atoms with Crippen molar-refractivity contribution in [1.29, 1.82) is 0 Å². The van der Waals surface area contributed by atoms with Crippen LogP contribution in [-0.4, -0.2) is 25.2 Å². The summed E-state index contributed by atoms with van der Waals surface area (Å²) in [4.78, 5) is 16.9. The van der Waals surface area contributed by atoms with Crippen molar-refractivity contribution in [2.45, 2.75) is 13.5 Å². The maximum absolute atomic E-state index is 14.0. The third kappa shape index (κ3) is 3.91. The Morgan fingerprint density at radius 1 is 1.10 bits per heavy atom. The van der Waals surface area contributed by atoms with Crippen LogP contribution < -0.4 is 5.32 Å². The number of carbonyl (C=O) groups excluding carboxylic acids is 1. The van der Waals surface area contributed by atoms with E-state index in [1.165, 1.54) is 10.9 Å². The third-order valence-electron chi connectivity index (χ3n) is 4.46. The van der Waals surface area contributed by atoms with Crippen LogP contribution in [0.25, 0.3) is 5.82 Å². The van der Waals surface area contributed by atoms with Crippen molar-refractivity contribution >= 4 is 11.7 Å². The molecule has 29 heavy (non-hydrogen) atoms. The molecular weight excluding hydrogens is 376 g/mol. The highest BCUT2D eigenvalue weighted by atomic mass is 19.1. The van der Waals surface area contributed by atoms with Crippen LogP contribution in [0.3, 0.4) is 0 Å². The quantitative estimate of drug-likeness (QED) is 0.558. The molecule has 1 N–H and O–H groups in total. The van der Waals surface area contributed by atoms with E-state index < -0.39 is 11.6 Å². The normalized spacial score (nSPS) is 10.9. The number of amides is 1. The van der Waals surface area contributed by atoms with Gasteiger partial charge in [0.15, 0.2) is 0 Å². The van der Waals surface area contributed by atoms with Gasteiger partial charge in [0.2, 0.25) is 0 Å². The molecule has 146 valence electrons. The lowest BCUT2D eigenvalue weighted by Crippen LogP contribution is -2.17. The summed E-state index contributed by atoms with van der Waals surface area (Å²) in [7, 11) is 0. The maximum atomic E-state index is 14.0. The molecule has 0 saturated heterocycles. The Balaban J connectivity index is 1.54. The summed E-state index contributed by atoms with van der Waals surface area (Å²) in [5.74, 6) is -0.352. The van der Waals surface area contributed by atoms with E-state index in [0.717, 1.165) is 18.2 Å². The lowest BCUT2D eigenvalue weighted by atomic mass is 10.2. The predicted octanol–water partition coefficient (Wildman–Crippen LogP) is 3.96. The molecule has 0 fully saturated rings. The van der Waals surface area contributed by atoms with E-state index in [-0.39, 0.29) is 18.0 Å². The number of anilines is 1. The first-order chi connectivity index (χ1) is 14.0. The van der Waals surface area contributed by atoms with E-state index in [9.17, 15) is 13.6 Å². The van der Waals surface area contributed by atoms with Crippen molar-refractivity contribution < 1.29 is 13.6 Å². The first-order valence-electron chi connectivity index (χ1n) is 8.88. The van der Waals surface area contributed by atoms with Gasteiger partial charge in [-0.2, -0.15) is 5.10 Å². The maximum Gasteiger partial charge on any atom is 0.258 e. The molecule has 0 aliphatic carbocycles. The van der Waals surface area contributed by atoms with Crippen molar-refractivity contribution in [2.75, 3.05) is 5.32 Å². The summed E-state index contributed by atoms with van der Waals surface area (Å²) in [6, 6.07) is 10.4. The van der Waals surface area contributed by atoms with Gasteiger partial charge in [-0.1, -0.05) is 0 Å². The van der Waals surface area contributed by atoms with Gasteiger partial charge >= 0.3 is 0 Å². The molecule has 4 rings (SSSR count). The average molecular weight is 393 g/mol. The van der Waals surface area contributed by atoms with Gasteiger partial charge in [0, 0.05) is 29.7 Å². The van der Waals surface area contributed by atoms with Crippen molar-refractivity contribution in [1.82, 2.24) is 19.3 Å². The Morgan fingerprint density at radius 2 is 1.90 bits per heavy atom. The summed E-state index contributed by atoms with van der Waals surface area (Å²) < 4.78 is 30.7. The minimum atomic E-state index is -0.540. The Bertz CT molecular complexity index is 1150. The highest BCUT2D eigenvalue weighted by Gasteiger charge is 2.15. The molecule has 3 aromatic heterocycles. The summed E-state index contributed by atoms with van der Waals surface area (Å²) >= 11 is 0. The summed E-state index contributed by atoms with van der Waals surface area (Å²) in [5, 5.41) is 6.95. The van der Waals surface area contributed by atoms with E-state index in [2.05, 4.69) is 15.4 Å². The molecule has 4 aromatic rings. The van der Waals surface area contributed by atoms with Crippen LogP contribution >= 0.6 is 0 Å². The Morgan fingerprint density at radius 3 is 2.62 bits per heavy atom.